The number of benzene rings is 1. The van der Waals surface area contributed by atoms with Gasteiger partial charge in [0.25, 0.3) is 0 Å². The van der Waals surface area contributed by atoms with Gasteiger partial charge in [0.05, 0.1) is 30.8 Å². The highest BCUT2D eigenvalue weighted by Gasteiger charge is 2.42. The largest absolute Gasteiger partial charge is 0.466 e. The molecule has 0 saturated carbocycles. The first-order chi connectivity index (χ1) is 16.4. The number of carbonyl (C=O) groups is 2. The molecular weight excluding hydrogens is 448 g/mol. The van der Waals surface area contributed by atoms with Gasteiger partial charge in [-0.1, -0.05) is 42.4 Å². The Morgan fingerprint density at radius 1 is 1.18 bits per heavy atom. The number of amides is 1. The van der Waals surface area contributed by atoms with Crippen molar-refractivity contribution in [3.8, 4) is 0 Å². The molecule has 176 valence electrons. The molecule has 0 fully saturated rings. The molecule has 1 aromatic heterocycles. The second kappa shape index (κ2) is 10.3. The lowest BCUT2D eigenvalue weighted by atomic mass is 9.89. The fourth-order valence-electron chi connectivity index (χ4n) is 4.19. The summed E-state index contributed by atoms with van der Waals surface area (Å²) >= 11 is 1.48. The predicted octanol–water partition coefficient (Wildman–Crippen LogP) is 4.54. The molecule has 0 bridgehead atoms. The Morgan fingerprint density at radius 3 is 2.65 bits per heavy atom. The maximum Gasteiger partial charge on any atom is 0.338 e. The molecular formula is C26H28N4O3S. The van der Waals surface area contributed by atoms with E-state index in [0.29, 0.717) is 24.2 Å². The van der Waals surface area contributed by atoms with Crippen LogP contribution in [0.1, 0.15) is 48.1 Å². The molecule has 1 aromatic carbocycles. The summed E-state index contributed by atoms with van der Waals surface area (Å²) in [4.78, 5) is 36.7. The molecule has 0 radical (unpaired) electrons. The third kappa shape index (κ3) is 4.77. The first-order valence-electron chi connectivity index (χ1n) is 11.2. The van der Waals surface area contributed by atoms with E-state index in [4.69, 9.17) is 9.73 Å². The maximum atomic E-state index is 13.0. The second-order valence-electron chi connectivity index (χ2n) is 8.27. The number of fused-ring (bicyclic) bond motifs is 1. The monoisotopic (exact) mass is 476 g/mol. The summed E-state index contributed by atoms with van der Waals surface area (Å²) in [5.41, 5.74) is 6.19. The predicted molar refractivity (Wildman–Crippen MR) is 134 cm³/mol. The van der Waals surface area contributed by atoms with E-state index in [1.807, 2.05) is 43.2 Å². The van der Waals surface area contributed by atoms with E-state index in [-0.39, 0.29) is 12.3 Å². The Hall–Kier alpha value is -3.39. The van der Waals surface area contributed by atoms with Crippen molar-refractivity contribution in [3.05, 3.63) is 87.4 Å². The number of nitrogens with one attached hydrogen (secondary N) is 1. The zero-order chi connectivity index (χ0) is 24.2. The first-order valence-corrected chi connectivity index (χ1v) is 12.1. The number of nitrogens with zero attached hydrogens (tertiary/aromatic N) is 3. The fourth-order valence-corrected chi connectivity index (χ4v) is 5.13. The van der Waals surface area contributed by atoms with Crippen LogP contribution in [0.4, 0.5) is 0 Å². The van der Waals surface area contributed by atoms with Gasteiger partial charge in [0.1, 0.15) is 0 Å². The van der Waals surface area contributed by atoms with Crippen molar-refractivity contribution in [2.45, 2.75) is 46.2 Å². The molecule has 1 atom stereocenters. The Kier molecular flexibility index (Phi) is 7.17. The average molecular weight is 477 g/mol. The standard InChI is InChI=1S/C26H28N4O3S/c1-5-21-23(25(32)33-4)24(20-12-16(2)6-7-17(20)3)30-19(15-34-26(30)29-21)13-22(31)28-14-18-8-10-27-11-9-18/h6-12,15,24H,5,13-14H2,1-4H3,(H,28,31)/t24-/m0/s1. The Labute approximate surface area is 204 Å². The molecule has 8 heteroatoms. The molecule has 4 rings (SSSR count). The van der Waals surface area contributed by atoms with Gasteiger partial charge in [0.15, 0.2) is 5.17 Å². The third-order valence-corrected chi connectivity index (χ3v) is 6.83. The van der Waals surface area contributed by atoms with E-state index in [9.17, 15) is 9.59 Å². The summed E-state index contributed by atoms with van der Waals surface area (Å²) in [7, 11) is 1.39. The van der Waals surface area contributed by atoms with Gasteiger partial charge in [-0.05, 0) is 54.5 Å². The van der Waals surface area contributed by atoms with Crippen molar-refractivity contribution in [2.24, 2.45) is 4.99 Å². The van der Waals surface area contributed by atoms with Crippen molar-refractivity contribution in [1.82, 2.24) is 15.2 Å². The minimum atomic E-state index is -0.413. The number of amidine groups is 1. The van der Waals surface area contributed by atoms with Crippen LogP contribution in [0.15, 0.2) is 70.1 Å². The fraction of sp³-hybridized carbons (Fsp3) is 0.308. The van der Waals surface area contributed by atoms with E-state index in [1.165, 1.54) is 18.9 Å². The zero-order valence-electron chi connectivity index (χ0n) is 19.8. The molecule has 0 aliphatic carbocycles. The topological polar surface area (TPSA) is 83.9 Å². The molecule has 2 aliphatic heterocycles. The number of hydrogen-bond donors (Lipinski definition) is 1. The maximum absolute atomic E-state index is 13.0. The highest BCUT2D eigenvalue weighted by atomic mass is 32.2. The number of aryl methyl sites for hydroxylation is 2. The summed E-state index contributed by atoms with van der Waals surface area (Å²) in [6.45, 7) is 6.48. The minimum Gasteiger partial charge on any atom is -0.466 e. The van der Waals surface area contributed by atoms with Gasteiger partial charge in [0, 0.05) is 24.6 Å². The molecule has 7 nitrogen and oxygen atoms in total. The molecule has 2 aliphatic rings. The van der Waals surface area contributed by atoms with Gasteiger partial charge in [-0.15, -0.1) is 0 Å². The molecule has 1 amide bonds. The number of allylic oxidation sites excluding steroid dienone is 1. The van der Waals surface area contributed by atoms with Crippen LogP contribution >= 0.6 is 11.8 Å². The molecule has 0 unspecified atom stereocenters. The molecule has 1 N–H and O–H groups in total. The molecule has 34 heavy (non-hydrogen) atoms. The number of methoxy groups -OCH3 is 1. The van der Waals surface area contributed by atoms with Gasteiger partial charge in [0.2, 0.25) is 5.91 Å². The summed E-state index contributed by atoms with van der Waals surface area (Å²) in [6, 6.07) is 9.55. The number of thioether (sulfide) groups is 1. The van der Waals surface area contributed by atoms with E-state index < -0.39 is 12.0 Å². The summed E-state index contributed by atoms with van der Waals surface area (Å²) in [5.74, 6) is -0.501. The van der Waals surface area contributed by atoms with Gasteiger partial charge in [-0.25, -0.2) is 9.79 Å². The number of rotatable bonds is 7. The zero-order valence-corrected chi connectivity index (χ0v) is 20.6. The van der Waals surface area contributed by atoms with Crippen LogP contribution in [0.25, 0.3) is 0 Å². The van der Waals surface area contributed by atoms with Crippen molar-refractivity contribution in [2.75, 3.05) is 7.11 Å². The highest BCUT2D eigenvalue weighted by Crippen LogP contribution is 2.46. The van der Waals surface area contributed by atoms with Crippen LogP contribution in [0, 0.1) is 13.8 Å². The van der Waals surface area contributed by atoms with Gasteiger partial charge in [-0.2, -0.15) is 0 Å². The summed E-state index contributed by atoms with van der Waals surface area (Å²) in [5, 5.41) is 5.70. The SMILES string of the molecule is CCC1=C(C(=O)OC)[C@H](c2cc(C)ccc2C)N2C(CC(=O)NCc3ccncc3)=CSC2=N1. The van der Waals surface area contributed by atoms with Crippen LogP contribution in [0.5, 0.6) is 0 Å². The second-order valence-corrected chi connectivity index (χ2v) is 9.11. The average Bonchev–Trinajstić information content (AvgIpc) is 3.25. The molecule has 2 aromatic rings. The third-order valence-electron chi connectivity index (χ3n) is 5.94. The van der Waals surface area contributed by atoms with Gasteiger partial charge < -0.3 is 15.0 Å². The molecule has 3 heterocycles. The number of carbonyl (C=O) groups excluding carboxylic acids is 2. The smallest absolute Gasteiger partial charge is 0.338 e. The van der Waals surface area contributed by atoms with Crippen LogP contribution < -0.4 is 5.32 Å². The van der Waals surface area contributed by atoms with Crippen molar-refractivity contribution < 1.29 is 14.3 Å². The Morgan fingerprint density at radius 2 is 1.94 bits per heavy atom. The van der Waals surface area contributed by atoms with E-state index >= 15 is 0 Å². The minimum absolute atomic E-state index is 0.102. The number of ether oxygens (including phenoxy) is 1. The highest BCUT2D eigenvalue weighted by molar-refractivity contribution is 8.16. The lowest BCUT2D eigenvalue weighted by Gasteiger charge is -2.37. The molecule has 0 spiro atoms. The number of esters is 1. The van der Waals surface area contributed by atoms with E-state index in [2.05, 4.69) is 28.5 Å². The molecule has 0 saturated heterocycles. The number of aliphatic imine (C=N–C) groups is 1. The number of pyridine rings is 1. The summed E-state index contributed by atoms with van der Waals surface area (Å²) in [6.07, 6.45) is 4.18. The Balaban J connectivity index is 1.67. The quantitative estimate of drug-likeness (QED) is 0.591. The van der Waals surface area contributed by atoms with E-state index in [1.54, 1.807) is 12.4 Å². The normalized spacial score (nSPS) is 17.2. The van der Waals surface area contributed by atoms with Crippen molar-refractivity contribution >= 4 is 28.8 Å². The van der Waals surface area contributed by atoms with Crippen molar-refractivity contribution in [1.29, 1.82) is 0 Å². The number of hydrogen-bond acceptors (Lipinski definition) is 7. The van der Waals surface area contributed by atoms with Crippen LogP contribution in [0.2, 0.25) is 0 Å². The lowest BCUT2D eigenvalue weighted by Crippen LogP contribution is -2.38. The summed E-state index contributed by atoms with van der Waals surface area (Å²) < 4.78 is 5.19. The Bertz CT molecular complexity index is 1200. The van der Waals surface area contributed by atoms with Crippen LogP contribution in [0.3, 0.4) is 0 Å². The first kappa shape index (κ1) is 23.8. The van der Waals surface area contributed by atoms with E-state index in [0.717, 1.165) is 33.1 Å². The van der Waals surface area contributed by atoms with Gasteiger partial charge in [-0.3, -0.25) is 9.78 Å². The van der Waals surface area contributed by atoms with Crippen LogP contribution in [-0.2, 0) is 20.9 Å². The lowest BCUT2D eigenvalue weighted by molar-refractivity contribution is -0.136. The van der Waals surface area contributed by atoms with Crippen LogP contribution in [-0.4, -0.2) is 34.0 Å². The van der Waals surface area contributed by atoms with Gasteiger partial charge >= 0.3 is 5.97 Å². The van der Waals surface area contributed by atoms with Crippen molar-refractivity contribution in [3.63, 3.8) is 0 Å². The number of aromatic nitrogens is 1.